The summed E-state index contributed by atoms with van der Waals surface area (Å²) < 4.78 is 0. The van der Waals surface area contributed by atoms with E-state index in [0.29, 0.717) is 0 Å². The molecule has 92 valence electrons. The van der Waals surface area contributed by atoms with Gasteiger partial charge in [-0.15, -0.1) is 0 Å². The van der Waals surface area contributed by atoms with Gasteiger partial charge in [0.25, 0.3) is 0 Å². The van der Waals surface area contributed by atoms with Crippen molar-refractivity contribution >= 4 is 46.3 Å². The number of nitrogens with two attached hydrogens (primary N) is 1. The van der Waals surface area contributed by atoms with Crippen LogP contribution < -0.4 is 5.73 Å². The molecular weight excluding hydrogens is 269 g/mol. The zero-order valence-corrected chi connectivity index (χ0v) is 10.6. The standard InChI is InChI=1S/C10H9Cl2NO4/c1-3(14)5-7(11)8(16)6(4(2)15)10(12,13)9(5)17/h6H,13H2,1-2H3. The minimum absolute atomic E-state index is 0.549. The lowest BCUT2D eigenvalue weighted by molar-refractivity contribution is -0.137. The molecule has 0 aromatic heterocycles. The Morgan fingerprint density at radius 2 is 1.76 bits per heavy atom. The molecule has 0 amide bonds. The number of hydrogen-bond acceptors (Lipinski definition) is 5. The lowest BCUT2D eigenvalue weighted by Gasteiger charge is -2.32. The summed E-state index contributed by atoms with van der Waals surface area (Å²) in [5, 5.41) is -0.579. The molecule has 0 heterocycles. The van der Waals surface area contributed by atoms with Gasteiger partial charge in [-0.3, -0.25) is 19.2 Å². The second kappa shape index (κ2) is 4.33. The number of Topliss-reactive ketones (excluding diaryl/α,β-unsaturated/α-hetero) is 4. The summed E-state index contributed by atoms with van der Waals surface area (Å²) in [7, 11) is 0. The molecule has 1 aliphatic carbocycles. The summed E-state index contributed by atoms with van der Waals surface area (Å²) >= 11 is 11.3. The Balaban J connectivity index is 3.53. The van der Waals surface area contributed by atoms with Crippen LogP contribution in [0.1, 0.15) is 13.8 Å². The third kappa shape index (κ3) is 2.06. The molecule has 0 aliphatic heterocycles. The minimum atomic E-state index is -2.25. The largest absolute Gasteiger partial charge is 0.305 e. The maximum absolute atomic E-state index is 11.8. The van der Waals surface area contributed by atoms with E-state index in [2.05, 4.69) is 0 Å². The molecule has 0 fully saturated rings. The van der Waals surface area contributed by atoms with Gasteiger partial charge in [0.1, 0.15) is 11.7 Å². The van der Waals surface area contributed by atoms with Crippen molar-refractivity contribution in [2.75, 3.05) is 0 Å². The van der Waals surface area contributed by atoms with Crippen molar-refractivity contribution in [3.63, 3.8) is 0 Å². The summed E-state index contributed by atoms with van der Waals surface area (Å²) in [6, 6.07) is 0. The lowest BCUT2D eigenvalue weighted by Crippen LogP contribution is -2.58. The Hall–Kier alpha value is -1.04. The highest BCUT2D eigenvalue weighted by Crippen LogP contribution is 2.36. The van der Waals surface area contributed by atoms with Gasteiger partial charge in [0, 0.05) is 0 Å². The fourth-order valence-electron chi connectivity index (χ4n) is 1.66. The zero-order chi connectivity index (χ0) is 13.5. The fraction of sp³-hybridized carbons (Fsp3) is 0.400. The van der Waals surface area contributed by atoms with Gasteiger partial charge in [-0.1, -0.05) is 23.2 Å². The molecule has 2 unspecified atom stereocenters. The molecule has 7 heteroatoms. The van der Waals surface area contributed by atoms with E-state index in [-0.39, 0.29) is 0 Å². The van der Waals surface area contributed by atoms with Gasteiger partial charge in [0.05, 0.1) is 10.6 Å². The van der Waals surface area contributed by atoms with Crippen molar-refractivity contribution in [3.8, 4) is 0 Å². The van der Waals surface area contributed by atoms with Gasteiger partial charge >= 0.3 is 0 Å². The molecule has 0 saturated carbocycles. The molecule has 0 aromatic rings. The summed E-state index contributed by atoms with van der Waals surface area (Å²) in [5.41, 5.74) is 4.93. The minimum Gasteiger partial charge on any atom is -0.305 e. The smallest absolute Gasteiger partial charge is 0.204 e. The first-order valence-corrected chi connectivity index (χ1v) is 5.36. The first-order valence-electron chi connectivity index (χ1n) is 4.60. The Labute approximate surface area is 107 Å². The molecule has 2 atom stereocenters. The van der Waals surface area contributed by atoms with Crippen molar-refractivity contribution in [1.82, 2.24) is 0 Å². The van der Waals surface area contributed by atoms with E-state index in [1.807, 2.05) is 0 Å². The van der Waals surface area contributed by atoms with E-state index in [9.17, 15) is 19.2 Å². The van der Waals surface area contributed by atoms with Gasteiger partial charge in [0.15, 0.2) is 16.6 Å². The number of carbonyl (C=O) groups is 4. The van der Waals surface area contributed by atoms with Crippen molar-refractivity contribution in [1.29, 1.82) is 0 Å². The third-order valence-corrected chi connectivity index (χ3v) is 3.22. The van der Waals surface area contributed by atoms with E-state index < -0.39 is 44.7 Å². The first-order chi connectivity index (χ1) is 7.62. The highest BCUT2D eigenvalue weighted by Gasteiger charge is 2.54. The molecule has 0 saturated heterocycles. The molecule has 2 N–H and O–H groups in total. The molecule has 1 rings (SSSR count). The van der Waals surface area contributed by atoms with Crippen molar-refractivity contribution in [2.24, 2.45) is 11.7 Å². The van der Waals surface area contributed by atoms with Crippen LogP contribution in [0.15, 0.2) is 10.6 Å². The average Bonchev–Trinajstić information content (AvgIpc) is 2.14. The predicted molar refractivity (Wildman–Crippen MR) is 60.5 cm³/mol. The van der Waals surface area contributed by atoms with Crippen molar-refractivity contribution in [2.45, 2.75) is 18.8 Å². The van der Waals surface area contributed by atoms with Gasteiger partial charge in [0.2, 0.25) is 5.78 Å². The molecule has 0 radical (unpaired) electrons. The normalized spacial score (nSPS) is 29.6. The Morgan fingerprint density at radius 1 is 1.29 bits per heavy atom. The molecular formula is C10H9Cl2NO4. The number of rotatable bonds is 2. The van der Waals surface area contributed by atoms with Crippen LogP contribution in [0.5, 0.6) is 0 Å². The highest BCUT2D eigenvalue weighted by atomic mass is 35.5. The monoisotopic (exact) mass is 277 g/mol. The Bertz CT molecular complexity index is 479. The molecule has 0 spiro atoms. The van der Waals surface area contributed by atoms with E-state index >= 15 is 0 Å². The lowest BCUT2D eigenvalue weighted by atomic mass is 9.79. The van der Waals surface area contributed by atoms with Gasteiger partial charge in [-0.25, -0.2) is 0 Å². The Morgan fingerprint density at radius 3 is 2.12 bits per heavy atom. The number of hydrogen-bond donors (Lipinski definition) is 1. The summed E-state index contributed by atoms with van der Waals surface area (Å²) in [6.07, 6.45) is 0. The van der Waals surface area contributed by atoms with Gasteiger partial charge < -0.3 is 5.73 Å². The Kier molecular flexibility index (Phi) is 3.57. The number of alkyl halides is 1. The number of carbonyl (C=O) groups excluding carboxylic acids is 4. The van der Waals surface area contributed by atoms with Crippen LogP contribution in [0, 0.1) is 5.92 Å². The average molecular weight is 278 g/mol. The van der Waals surface area contributed by atoms with Crippen molar-refractivity contribution in [3.05, 3.63) is 10.6 Å². The summed E-state index contributed by atoms with van der Waals surface area (Å²) in [6.45, 7) is 2.13. The van der Waals surface area contributed by atoms with Crippen LogP contribution in [0.3, 0.4) is 0 Å². The van der Waals surface area contributed by atoms with Crippen LogP contribution in [-0.4, -0.2) is 28.1 Å². The summed E-state index contributed by atoms with van der Waals surface area (Å²) in [4.78, 5) is 43.9. The maximum atomic E-state index is 11.8. The fourth-order valence-corrected chi connectivity index (χ4v) is 2.33. The zero-order valence-electron chi connectivity index (χ0n) is 9.04. The quantitative estimate of drug-likeness (QED) is 0.340. The SMILES string of the molecule is CC(=O)C1=C(Cl)C(=O)C(C(C)=O)C(N)(Cl)C1=O. The number of halogens is 2. The topological polar surface area (TPSA) is 94.3 Å². The predicted octanol–water partition coefficient (Wildman–Crippen LogP) is 0.319. The molecule has 17 heavy (non-hydrogen) atoms. The maximum Gasteiger partial charge on any atom is 0.204 e. The van der Waals surface area contributed by atoms with E-state index in [1.54, 1.807) is 0 Å². The van der Waals surface area contributed by atoms with E-state index in [1.165, 1.54) is 0 Å². The molecule has 1 aliphatic rings. The second-order valence-corrected chi connectivity index (χ2v) is 4.75. The third-order valence-electron chi connectivity index (χ3n) is 2.45. The van der Waals surface area contributed by atoms with E-state index in [4.69, 9.17) is 28.9 Å². The van der Waals surface area contributed by atoms with Gasteiger partial charge in [-0.2, -0.15) is 0 Å². The van der Waals surface area contributed by atoms with Crippen molar-refractivity contribution < 1.29 is 19.2 Å². The van der Waals surface area contributed by atoms with E-state index in [0.717, 1.165) is 13.8 Å². The molecule has 0 aromatic carbocycles. The summed E-state index contributed by atoms with van der Waals surface area (Å²) in [5.74, 6) is -4.86. The second-order valence-electron chi connectivity index (χ2n) is 3.75. The number of allylic oxidation sites excluding steroid dienone is 1. The molecule has 5 nitrogen and oxygen atoms in total. The van der Waals surface area contributed by atoms with Crippen LogP contribution in [0.25, 0.3) is 0 Å². The first kappa shape index (κ1) is 14.0. The van der Waals surface area contributed by atoms with Crippen LogP contribution >= 0.6 is 23.2 Å². The highest BCUT2D eigenvalue weighted by molar-refractivity contribution is 6.56. The van der Waals surface area contributed by atoms with Gasteiger partial charge in [-0.05, 0) is 13.8 Å². The molecule has 0 bridgehead atoms. The number of ketones is 4. The van der Waals surface area contributed by atoms with Crippen LogP contribution in [0.4, 0.5) is 0 Å². The van der Waals surface area contributed by atoms with Crippen LogP contribution in [-0.2, 0) is 19.2 Å². The van der Waals surface area contributed by atoms with Crippen LogP contribution in [0.2, 0.25) is 0 Å².